The van der Waals surface area contributed by atoms with Crippen molar-refractivity contribution in [3.63, 3.8) is 0 Å². The second kappa shape index (κ2) is 8.49. The molecule has 2 aromatic carbocycles. The lowest BCUT2D eigenvalue weighted by atomic mass is 10.2. The quantitative estimate of drug-likeness (QED) is 0.457. The average Bonchev–Trinajstić information content (AvgIpc) is 3.11. The fourth-order valence-corrected chi connectivity index (χ4v) is 3.25. The van der Waals surface area contributed by atoms with Crippen LogP contribution in [0.15, 0.2) is 53.9 Å². The number of thiazole rings is 1. The van der Waals surface area contributed by atoms with E-state index in [-0.39, 0.29) is 12.4 Å². The molecule has 1 aromatic heterocycles. The van der Waals surface area contributed by atoms with Crippen molar-refractivity contribution in [2.45, 2.75) is 13.3 Å². The Hall–Kier alpha value is -2.86. The van der Waals surface area contributed by atoms with Crippen LogP contribution in [0.4, 0.5) is 0 Å². The van der Waals surface area contributed by atoms with E-state index in [0.29, 0.717) is 23.8 Å². The highest BCUT2D eigenvalue weighted by Gasteiger charge is 2.13. The van der Waals surface area contributed by atoms with Crippen molar-refractivity contribution in [3.05, 3.63) is 59.6 Å². The van der Waals surface area contributed by atoms with E-state index in [0.717, 1.165) is 16.3 Å². The molecule has 3 aromatic rings. The number of rotatable bonds is 7. The molecule has 3 rings (SSSR count). The van der Waals surface area contributed by atoms with Crippen LogP contribution >= 0.6 is 11.3 Å². The van der Waals surface area contributed by atoms with Crippen LogP contribution < -0.4 is 14.2 Å². The molecule has 26 heavy (non-hydrogen) atoms. The van der Waals surface area contributed by atoms with Crippen molar-refractivity contribution in [1.29, 1.82) is 0 Å². The Kier molecular flexibility index (Phi) is 5.86. The summed E-state index contributed by atoms with van der Waals surface area (Å²) in [6, 6.07) is 14.6. The molecule has 0 fully saturated rings. The third kappa shape index (κ3) is 4.40. The van der Waals surface area contributed by atoms with Crippen molar-refractivity contribution in [2.75, 3.05) is 13.7 Å². The lowest BCUT2D eigenvalue weighted by molar-refractivity contribution is -0.133. The molecule has 0 saturated heterocycles. The van der Waals surface area contributed by atoms with Gasteiger partial charge in [-0.15, -0.1) is 11.3 Å². The summed E-state index contributed by atoms with van der Waals surface area (Å²) in [5, 5.41) is 2.69. The van der Waals surface area contributed by atoms with Crippen LogP contribution in [0.1, 0.15) is 12.6 Å². The number of esters is 1. The van der Waals surface area contributed by atoms with Gasteiger partial charge in [0.05, 0.1) is 31.4 Å². The number of para-hydroxylation sites is 1. The summed E-state index contributed by atoms with van der Waals surface area (Å²) >= 11 is 1.48. The first-order chi connectivity index (χ1) is 12.7. The first-order valence-corrected chi connectivity index (χ1v) is 9.09. The fourth-order valence-electron chi connectivity index (χ4n) is 2.40. The maximum absolute atomic E-state index is 12.1. The number of hydrogen-bond acceptors (Lipinski definition) is 6. The average molecular weight is 369 g/mol. The Morgan fingerprint density at radius 1 is 1.08 bits per heavy atom. The summed E-state index contributed by atoms with van der Waals surface area (Å²) in [5.41, 5.74) is 1.60. The standard InChI is InChI=1S/C20H19NO4S/c1-3-24-18-7-5-4-6-17(18)20-21-14(13-26-20)12-19(22)25-16-10-8-15(23-2)9-11-16/h4-11,13H,3,12H2,1-2H3. The fraction of sp³-hybridized carbons (Fsp3) is 0.200. The summed E-state index contributed by atoms with van der Waals surface area (Å²) < 4.78 is 16.1. The molecule has 0 saturated carbocycles. The highest BCUT2D eigenvalue weighted by atomic mass is 32.1. The first kappa shape index (κ1) is 17.9. The van der Waals surface area contributed by atoms with Crippen LogP contribution in [0.5, 0.6) is 17.2 Å². The second-order valence-corrected chi connectivity index (χ2v) is 6.26. The van der Waals surface area contributed by atoms with E-state index in [2.05, 4.69) is 4.98 Å². The van der Waals surface area contributed by atoms with Gasteiger partial charge in [-0.1, -0.05) is 12.1 Å². The minimum atomic E-state index is -0.356. The normalized spacial score (nSPS) is 10.4. The number of benzene rings is 2. The predicted octanol–water partition coefficient (Wildman–Crippen LogP) is 4.37. The zero-order chi connectivity index (χ0) is 18.4. The van der Waals surface area contributed by atoms with Crippen LogP contribution in [0.2, 0.25) is 0 Å². The van der Waals surface area contributed by atoms with Crippen molar-refractivity contribution in [2.24, 2.45) is 0 Å². The number of carbonyl (C=O) groups is 1. The molecule has 0 N–H and O–H groups in total. The van der Waals surface area contributed by atoms with Gasteiger partial charge < -0.3 is 14.2 Å². The molecule has 0 bridgehead atoms. The number of nitrogens with zero attached hydrogens (tertiary/aromatic N) is 1. The van der Waals surface area contributed by atoms with Gasteiger partial charge in [0, 0.05) is 5.38 Å². The SMILES string of the molecule is CCOc1ccccc1-c1nc(CC(=O)Oc2ccc(OC)cc2)cs1. The lowest BCUT2D eigenvalue weighted by Crippen LogP contribution is -2.11. The van der Waals surface area contributed by atoms with E-state index in [9.17, 15) is 4.79 Å². The number of hydrogen-bond donors (Lipinski definition) is 0. The van der Waals surface area contributed by atoms with Crippen molar-refractivity contribution in [3.8, 4) is 27.8 Å². The smallest absolute Gasteiger partial charge is 0.317 e. The molecule has 0 aliphatic carbocycles. The molecule has 6 heteroatoms. The van der Waals surface area contributed by atoms with E-state index in [1.165, 1.54) is 11.3 Å². The van der Waals surface area contributed by atoms with Crippen molar-refractivity contribution in [1.82, 2.24) is 4.98 Å². The number of methoxy groups -OCH3 is 1. The van der Waals surface area contributed by atoms with E-state index < -0.39 is 0 Å². The van der Waals surface area contributed by atoms with Gasteiger partial charge in [-0.3, -0.25) is 4.79 Å². The van der Waals surface area contributed by atoms with E-state index in [1.807, 2.05) is 36.6 Å². The molecule has 1 heterocycles. The van der Waals surface area contributed by atoms with Crippen LogP contribution in [0.25, 0.3) is 10.6 Å². The molecule has 0 amide bonds. The van der Waals surface area contributed by atoms with Crippen LogP contribution in [-0.2, 0) is 11.2 Å². The van der Waals surface area contributed by atoms with E-state index in [1.54, 1.807) is 31.4 Å². The van der Waals surface area contributed by atoms with Gasteiger partial charge >= 0.3 is 5.97 Å². The second-order valence-electron chi connectivity index (χ2n) is 5.40. The summed E-state index contributed by atoms with van der Waals surface area (Å²) in [6.07, 6.45) is 0.110. The van der Waals surface area contributed by atoms with Gasteiger partial charge in [-0.05, 0) is 43.3 Å². The third-order valence-corrected chi connectivity index (χ3v) is 4.51. The van der Waals surface area contributed by atoms with Gasteiger partial charge in [0.15, 0.2) is 0 Å². The zero-order valence-electron chi connectivity index (χ0n) is 14.6. The molecule has 5 nitrogen and oxygen atoms in total. The highest BCUT2D eigenvalue weighted by molar-refractivity contribution is 7.13. The molecule has 0 radical (unpaired) electrons. The first-order valence-electron chi connectivity index (χ1n) is 8.21. The van der Waals surface area contributed by atoms with Gasteiger partial charge in [0.25, 0.3) is 0 Å². The molecule has 0 unspecified atom stereocenters. The maximum Gasteiger partial charge on any atom is 0.317 e. The van der Waals surface area contributed by atoms with E-state index in [4.69, 9.17) is 14.2 Å². The van der Waals surface area contributed by atoms with Crippen LogP contribution in [0.3, 0.4) is 0 Å². The topological polar surface area (TPSA) is 57.7 Å². The van der Waals surface area contributed by atoms with Gasteiger partial charge in [0.1, 0.15) is 22.3 Å². The zero-order valence-corrected chi connectivity index (χ0v) is 15.4. The number of aromatic nitrogens is 1. The Bertz CT molecular complexity index is 874. The molecule has 0 spiro atoms. The molecular weight excluding hydrogens is 350 g/mol. The van der Waals surface area contributed by atoms with E-state index >= 15 is 0 Å². The van der Waals surface area contributed by atoms with Gasteiger partial charge in [-0.25, -0.2) is 4.98 Å². The Morgan fingerprint density at radius 3 is 2.54 bits per heavy atom. The third-order valence-electron chi connectivity index (χ3n) is 3.59. The summed E-state index contributed by atoms with van der Waals surface area (Å²) in [5.74, 6) is 1.62. The minimum absolute atomic E-state index is 0.110. The summed E-state index contributed by atoms with van der Waals surface area (Å²) in [7, 11) is 1.59. The van der Waals surface area contributed by atoms with Crippen LogP contribution in [0, 0.1) is 0 Å². The largest absolute Gasteiger partial charge is 0.497 e. The highest BCUT2D eigenvalue weighted by Crippen LogP contribution is 2.32. The number of ether oxygens (including phenoxy) is 3. The summed E-state index contributed by atoms with van der Waals surface area (Å²) in [6.45, 7) is 2.53. The van der Waals surface area contributed by atoms with Crippen molar-refractivity contribution < 1.29 is 19.0 Å². The molecule has 0 aliphatic heterocycles. The Labute approximate surface area is 156 Å². The predicted molar refractivity (Wildman–Crippen MR) is 101 cm³/mol. The summed E-state index contributed by atoms with van der Waals surface area (Å²) in [4.78, 5) is 16.7. The van der Waals surface area contributed by atoms with Crippen molar-refractivity contribution >= 4 is 17.3 Å². The molecule has 134 valence electrons. The van der Waals surface area contributed by atoms with Gasteiger partial charge in [-0.2, -0.15) is 0 Å². The lowest BCUT2D eigenvalue weighted by Gasteiger charge is -2.07. The van der Waals surface area contributed by atoms with Gasteiger partial charge in [0.2, 0.25) is 0 Å². The molecule has 0 aliphatic rings. The minimum Gasteiger partial charge on any atom is -0.497 e. The monoisotopic (exact) mass is 369 g/mol. The Morgan fingerprint density at radius 2 is 1.81 bits per heavy atom. The Balaban J connectivity index is 1.67. The molecule has 0 atom stereocenters. The maximum atomic E-state index is 12.1. The van der Waals surface area contributed by atoms with Crippen LogP contribution in [-0.4, -0.2) is 24.7 Å². The molecular formula is C20H19NO4S. The number of carbonyl (C=O) groups excluding carboxylic acids is 1.